The van der Waals surface area contributed by atoms with Gasteiger partial charge in [-0.15, -0.1) is 0 Å². The van der Waals surface area contributed by atoms with Gasteiger partial charge in [-0.25, -0.2) is 10.4 Å². The summed E-state index contributed by atoms with van der Waals surface area (Å²) in [5.41, 5.74) is 2.96. The lowest BCUT2D eigenvalue weighted by molar-refractivity contribution is -0.0513. The van der Waals surface area contributed by atoms with Crippen molar-refractivity contribution in [2.75, 3.05) is 12.5 Å². The van der Waals surface area contributed by atoms with Gasteiger partial charge in [0.25, 0.3) is 5.56 Å². The van der Waals surface area contributed by atoms with Gasteiger partial charge in [-0.2, -0.15) is 13.9 Å². The number of halogens is 2. The average molecular weight is 324 g/mol. The number of H-pyrrole nitrogens is 1. The van der Waals surface area contributed by atoms with Gasteiger partial charge in [0.15, 0.2) is 11.5 Å². The van der Waals surface area contributed by atoms with Crippen LogP contribution in [0.1, 0.15) is 11.3 Å². The molecule has 0 radical (unpaired) electrons. The van der Waals surface area contributed by atoms with Gasteiger partial charge in [0, 0.05) is 17.3 Å². The minimum absolute atomic E-state index is 0.130. The lowest BCUT2D eigenvalue weighted by atomic mass is 10.2. The maximum Gasteiger partial charge on any atom is 0.387 e. The quantitative estimate of drug-likeness (QED) is 0.628. The van der Waals surface area contributed by atoms with E-state index in [1.807, 2.05) is 0 Å². The van der Waals surface area contributed by atoms with E-state index in [-0.39, 0.29) is 28.6 Å². The molecule has 0 unspecified atom stereocenters. The van der Waals surface area contributed by atoms with Crippen molar-refractivity contribution in [2.24, 2.45) is 5.10 Å². The molecule has 1 aromatic heterocycles. The van der Waals surface area contributed by atoms with Crippen LogP contribution >= 0.6 is 0 Å². The average Bonchev–Trinajstić information content (AvgIpc) is 2.47. The number of alkyl halides is 2. The van der Waals surface area contributed by atoms with Gasteiger partial charge in [-0.05, 0) is 19.1 Å². The van der Waals surface area contributed by atoms with Crippen LogP contribution in [0.3, 0.4) is 0 Å². The van der Waals surface area contributed by atoms with Crippen LogP contribution in [0, 0.1) is 6.92 Å². The number of aromatic nitrogens is 2. The normalized spacial score (nSPS) is 11.0. The number of benzene rings is 1. The number of aryl methyl sites for hydroxylation is 1. The van der Waals surface area contributed by atoms with Gasteiger partial charge in [0.05, 0.1) is 13.3 Å². The fraction of sp³-hybridized carbons (Fsp3) is 0.214. The standard InChI is InChI=1S/C14H14F2N4O3/c1-8-6-11(21)19-14(18-8)20-17-7-9-4-3-5-10(22-2)12(9)23-13(15)16/h3-7,13H,1-2H3,(H2,18,19,20,21)/b17-7-. The van der Waals surface area contributed by atoms with Crippen LogP contribution in [-0.4, -0.2) is 29.9 Å². The SMILES string of the molecule is COc1cccc(/C=N\Nc2nc(C)cc(=O)[nH]2)c1OC(F)F. The number of nitrogens with zero attached hydrogens (tertiary/aromatic N) is 2. The van der Waals surface area contributed by atoms with Crippen molar-refractivity contribution in [1.82, 2.24) is 9.97 Å². The molecule has 0 aliphatic rings. The molecule has 0 aliphatic carbocycles. The number of nitrogens with one attached hydrogen (secondary N) is 2. The monoisotopic (exact) mass is 324 g/mol. The Labute approximate surface area is 130 Å². The summed E-state index contributed by atoms with van der Waals surface area (Å²) in [5, 5.41) is 3.85. The van der Waals surface area contributed by atoms with E-state index in [1.165, 1.54) is 31.5 Å². The molecular formula is C14H14F2N4O3. The predicted molar refractivity (Wildman–Crippen MR) is 80.4 cm³/mol. The molecule has 2 rings (SSSR count). The Balaban J connectivity index is 2.23. The zero-order valence-corrected chi connectivity index (χ0v) is 12.3. The fourth-order valence-electron chi connectivity index (χ4n) is 1.81. The van der Waals surface area contributed by atoms with Crippen LogP contribution in [0.5, 0.6) is 11.5 Å². The predicted octanol–water partition coefficient (Wildman–Crippen LogP) is 2.13. The van der Waals surface area contributed by atoms with Crippen molar-refractivity contribution >= 4 is 12.2 Å². The van der Waals surface area contributed by atoms with Crippen LogP contribution < -0.4 is 20.5 Å². The summed E-state index contributed by atoms with van der Waals surface area (Å²) in [5.74, 6) is 0.142. The molecule has 2 aromatic rings. The molecule has 1 aromatic carbocycles. The highest BCUT2D eigenvalue weighted by molar-refractivity contribution is 5.85. The topological polar surface area (TPSA) is 88.6 Å². The maximum absolute atomic E-state index is 12.5. The third kappa shape index (κ3) is 4.50. The van der Waals surface area contributed by atoms with Crippen LogP contribution in [-0.2, 0) is 0 Å². The number of methoxy groups -OCH3 is 1. The number of hydrazone groups is 1. The molecule has 2 N–H and O–H groups in total. The van der Waals surface area contributed by atoms with Crippen molar-refractivity contribution in [1.29, 1.82) is 0 Å². The van der Waals surface area contributed by atoms with Gasteiger partial charge in [0.1, 0.15) is 0 Å². The molecule has 0 bridgehead atoms. The minimum atomic E-state index is -3.00. The number of rotatable bonds is 6. The van der Waals surface area contributed by atoms with Crippen LogP contribution in [0.15, 0.2) is 34.2 Å². The van der Waals surface area contributed by atoms with E-state index in [0.717, 1.165) is 0 Å². The Kier molecular flexibility index (Phi) is 5.23. The lowest BCUT2D eigenvalue weighted by Gasteiger charge is -2.11. The van der Waals surface area contributed by atoms with Crippen LogP contribution in [0.2, 0.25) is 0 Å². The smallest absolute Gasteiger partial charge is 0.387 e. The molecule has 122 valence electrons. The van der Waals surface area contributed by atoms with E-state index in [9.17, 15) is 13.6 Å². The third-order valence-electron chi connectivity index (χ3n) is 2.68. The van der Waals surface area contributed by atoms with Gasteiger partial charge >= 0.3 is 6.61 Å². The second-order valence-electron chi connectivity index (χ2n) is 4.36. The molecule has 0 saturated heterocycles. The number of hydrogen-bond donors (Lipinski definition) is 2. The molecule has 0 atom stereocenters. The van der Waals surface area contributed by atoms with E-state index in [0.29, 0.717) is 5.69 Å². The minimum Gasteiger partial charge on any atom is -0.493 e. The maximum atomic E-state index is 12.5. The Bertz CT molecular complexity index is 762. The first-order valence-corrected chi connectivity index (χ1v) is 6.48. The molecule has 7 nitrogen and oxygen atoms in total. The second kappa shape index (κ2) is 7.34. The zero-order chi connectivity index (χ0) is 16.8. The number of anilines is 1. The molecule has 0 aliphatic heterocycles. The summed E-state index contributed by atoms with van der Waals surface area (Å²) < 4.78 is 34.5. The lowest BCUT2D eigenvalue weighted by Crippen LogP contribution is -2.10. The van der Waals surface area contributed by atoms with E-state index in [2.05, 4.69) is 25.2 Å². The van der Waals surface area contributed by atoms with Gasteiger partial charge in [0.2, 0.25) is 5.95 Å². The molecular weight excluding hydrogens is 310 g/mol. The van der Waals surface area contributed by atoms with Gasteiger partial charge < -0.3 is 9.47 Å². The Hall–Kier alpha value is -2.97. The number of ether oxygens (including phenoxy) is 2. The Morgan fingerprint density at radius 1 is 1.43 bits per heavy atom. The summed E-state index contributed by atoms with van der Waals surface area (Å²) >= 11 is 0. The van der Waals surface area contributed by atoms with E-state index < -0.39 is 6.61 Å². The first kappa shape index (κ1) is 16.4. The van der Waals surface area contributed by atoms with Crippen molar-refractivity contribution in [3.63, 3.8) is 0 Å². The fourth-order valence-corrected chi connectivity index (χ4v) is 1.81. The van der Waals surface area contributed by atoms with Gasteiger partial charge in [-0.1, -0.05) is 6.07 Å². The molecule has 23 heavy (non-hydrogen) atoms. The van der Waals surface area contributed by atoms with E-state index >= 15 is 0 Å². The van der Waals surface area contributed by atoms with Crippen LogP contribution in [0.4, 0.5) is 14.7 Å². The summed E-state index contributed by atoms with van der Waals surface area (Å²) in [6.07, 6.45) is 1.25. The number of para-hydroxylation sites is 1. The molecule has 0 spiro atoms. The highest BCUT2D eigenvalue weighted by Gasteiger charge is 2.14. The summed E-state index contributed by atoms with van der Waals surface area (Å²) in [6, 6.07) is 5.94. The highest BCUT2D eigenvalue weighted by atomic mass is 19.3. The molecule has 0 fully saturated rings. The summed E-state index contributed by atoms with van der Waals surface area (Å²) in [6.45, 7) is -1.35. The van der Waals surface area contributed by atoms with Crippen molar-refractivity contribution in [3.05, 3.63) is 45.9 Å². The van der Waals surface area contributed by atoms with Gasteiger partial charge in [-0.3, -0.25) is 9.78 Å². The zero-order valence-electron chi connectivity index (χ0n) is 12.3. The van der Waals surface area contributed by atoms with Crippen molar-refractivity contribution in [3.8, 4) is 11.5 Å². The summed E-state index contributed by atoms with van der Waals surface area (Å²) in [4.78, 5) is 17.7. The van der Waals surface area contributed by atoms with E-state index in [4.69, 9.17) is 4.74 Å². The molecule has 0 amide bonds. The number of hydrogen-bond acceptors (Lipinski definition) is 6. The Morgan fingerprint density at radius 3 is 2.87 bits per heavy atom. The molecule has 0 saturated carbocycles. The second-order valence-corrected chi connectivity index (χ2v) is 4.36. The Morgan fingerprint density at radius 2 is 2.22 bits per heavy atom. The molecule has 9 heteroatoms. The van der Waals surface area contributed by atoms with Crippen LogP contribution in [0.25, 0.3) is 0 Å². The highest BCUT2D eigenvalue weighted by Crippen LogP contribution is 2.31. The van der Waals surface area contributed by atoms with Crippen molar-refractivity contribution < 1.29 is 18.3 Å². The summed E-state index contributed by atoms with van der Waals surface area (Å²) in [7, 11) is 1.34. The number of aromatic amines is 1. The largest absolute Gasteiger partial charge is 0.493 e. The first-order valence-electron chi connectivity index (χ1n) is 6.48. The van der Waals surface area contributed by atoms with E-state index in [1.54, 1.807) is 13.0 Å². The van der Waals surface area contributed by atoms with Crippen molar-refractivity contribution in [2.45, 2.75) is 13.5 Å². The molecule has 1 heterocycles. The first-order chi connectivity index (χ1) is 11.0. The third-order valence-corrected chi connectivity index (χ3v) is 2.68.